The maximum atomic E-state index is 14.2. The smallest absolute Gasteiger partial charge is 0.261 e. The van der Waals surface area contributed by atoms with Crippen LogP contribution in [0.25, 0.3) is 0 Å². The van der Waals surface area contributed by atoms with E-state index in [1.54, 1.807) is 38.5 Å². The zero-order chi connectivity index (χ0) is 39.1. The van der Waals surface area contributed by atoms with Crippen LogP contribution in [-0.2, 0) is 12.8 Å². The van der Waals surface area contributed by atoms with Crippen molar-refractivity contribution in [1.29, 1.82) is 0 Å². The maximum absolute atomic E-state index is 14.2. The average Bonchev–Trinajstić information content (AvgIpc) is 3.67. The van der Waals surface area contributed by atoms with Crippen molar-refractivity contribution in [3.05, 3.63) is 89.0 Å². The molecule has 0 spiro atoms. The van der Waals surface area contributed by atoms with Gasteiger partial charge in [0.25, 0.3) is 11.8 Å². The van der Waals surface area contributed by atoms with Gasteiger partial charge in [-0.25, -0.2) is 0 Å². The Labute approximate surface area is 333 Å². The first-order valence-corrected chi connectivity index (χ1v) is 19.6. The number of para-hydroxylation sites is 1. The number of fused-ring (bicyclic) bond motifs is 8. The molecule has 0 saturated carbocycles. The highest BCUT2D eigenvalue weighted by Gasteiger charge is 2.38. The molecule has 0 aliphatic carbocycles. The van der Waals surface area contributed by atoms with Crippen LogP contribution in [0.3, 0.4) is 0 Å². The number of carbonyl (C=O) groups excluding carboxylic acids is 2. The van der Waals surface area contributed by atoms with Crippen LogP contribution in [0.15, 0.2) is 76.7 Å². The number of carbonyl (C=O) groups is 2. The first kappa shape index (κ1) is 37.4. The first-order chi connectivity index (χ1) is 27.0. The molecule has 0 fully saturated rings. The molecule has 11 nitrogen and oxygen atoms in total. The molecule has 0 N–H and O–H groups in total. The van der Waals surface area contributed by atoms with Crippen molar-refractivity contribution in [2.24, 2.45) is 9.98 Å². The predicted octanol–water partition coefficient (Wildman–Crippen LogP) is 8.05. The first-order valence-electron chi connectivity index (χ1n) is 19.1. The second-order valence-electron chi connectivity index (χ2n) is 15.3. The minimum atomic E-state index is -0.189. The zero-order valence-electron chi connectivity index (χ0n) is 32.4. The van der Waals surface area contributed by atoms with E-state index < -0.39 is 0 Å². The van der Waals surface area contributed by atoms with Gasteiger partial charge in [0.05, 0.1) is 67.7 Å². The molecule has 4 aliphatic rings. The molecule has 8 rings (SSSR count). The summed E-state index contributed by atoms with van der Waals surface area (Å²) in [5.74, 6) is 1.65. The molecule has 0 radical (unpaired) electrons. The lowest BCUT2D eigenvalue weighted by molar-refractivity contribution is 0.0978. The molecule has 0 bridgehead atoms. The number of methoxy groups -OCH3 is 2. The van der Waals surface area contributed by atoms with E-state index in [4.69, 9.17) is 28.9 Å². The molecule has 4 aromatic rings. The van der Waals surface area contributed by atoms with Crippen LogP contribution >= 0.6 is 12.6 Å². The van der Waals surface area contributed by atoms with Gasteiger partial charge in [0.15, 0.2) is 23.0 Å². The monoisotopic (exact) mass is 773 g/mol. The molecular formula is C44H47N5O6S. The van der Waals surface area contributed by atoms with Crippen LogP contribution in [0.5, 0.6) is 23.0 Å². The molecule has 56 heavy (non-hydrogen) atoms. The van der Waals surface area contributed by atoms with Crippen LogP contribution in [0, 0.1) is 0 Å². The van der Waals surface area contributed by atoms with Gasteiger partial charge in [-0.15, -0.1) is 0 Å². The number of rotatable bonds is 13. The standard InChI is InChI=1S/C44H47N5O6S/c1-44(2,56)14-8-15-47(3)29-13-12-28-19-31-26-46-35-24-41(39(53-5)22-33(35)43(51)49(31)37(28)20-29)55-17-9-16-54-40-23-34-32(21-38(40)52-4)42(50)48-30(25-45-34)18-27-10-6-7-11-36(27)48/h6-7,10-13,20-26,30-31,56H,8-9,14-19H2,1-5H3/t30-,31-/m0/s1. The van der Waals surface area contributed by atoms with Crippen molar-refractivity contribution in [1.82, 2.24) is 0 Å². The highest BCUT2D eigenvalue weighted by Crippen LogP contribution is 2.43. The van der Waals surface area contributed by atoms with Crippen molar-refractivity contribution in [2.45, 2.75) is 62.8 Å². The number of ether oxygens (including phenoxy) is 4. The van der Waals surface area contributed by atoms with Gasteiger partial charge in [0.2, 0.25) is 0 Å². The Kier molecular flexibility index (Phi) is 10.2. The summed E-state index contributed by atoms with van der Waals surface area (Å²) in [6.45, 7) is 5.80. The van der Waals surface area contributed by atoms with E-state index in [1.165, 1.54) is 0 Å². The van der Waals surface area contributed by atoms with Gasteiger partial charge in [0, 0.05) is 73.5 Å². The Bertz CT molecular complexity index is 2250. The number of thiol groups is 1. The van der Waals surface area contributed by atoms with Crippen LogP contribution in [0.2, 0.25) is 0 Å². The van der Waals surface area contributed by atoms with Crippen LogP contribution in [0.1, 0.15) is 65.0 Å². The third kappa shape index (κ3) is 7.18. The number of benzene rings is 4. The van der Waals surface area contributed by atoms with E-state index in [9.17, 15) is 9.59 Å². The van der Waals surface area contributed by atoms with E-state index >= 15 is 0 Å². The Morgan fingerprint density at radius 1 is 0.732 bits per heavy atom. The minimum absolute atomic E-state index is 0.0114. The number of anilines is 3. The molecule has 0 saturated heterocycles. The van der Waals surface area contributed by atoms with Crippen LogP contribution in [0.4, 0.5) is 28.4 Å². The summed E-state index contributed by atoms with van der Waals surface area (Å²) < 4.78 is 23.7. The lowest BCUT2D eigenvalue weighted by Crippen LogP contribution is -2.37. The zero-order valence-corrected chi connectivity index (χ0v) is 33.3. The molecule has 0 unspecified atom stereocenters. The van der Waals surface area contributed by atoms with E-state index in [0.717, 1.165) is 54.0 Å². The van der Waals surface area contributed by atoms with Crippen molar-refractivity contribution in [2.75, 3.05) is 55.7 Å². The molecule has 0 aromatic heterocycles. The summed E-state index contributed by atoms with van der Waals surface area (Å²) in [6.07, 6.45) is 7.68. The van der Waals surface area contributed by atoms with Crippen molar-refractivity contribution in [3.8, 4) is 23.0 Å². The average molecular weight is 774 g/mol. The molecule has 4 aliphatic heterocycles. The number of hydrogen-bond donors (Lipinski definition) is 1. The molecule has 290 valence electrons. The number of amides is 2. The molecular weight excluding hydrogens is 727 g/mol. The van der Waals surface area contributed by atoms with Crippen LogP contribution in [-0.4, -0.2) is 82.1 Å². The summed E-state index contributed by atoms with van der Waals surface area (Å²) in [5, 5.41) is 0. The summed E-state index contributed by atoms with van der Waals surface area (Å²) in [6, 6.07) is 21.0. The summed E-state index contributed by atoms with van der Waals surface area (Å²) in [4.78, 5) is 43.3. The summed E-state index contributed by atoms with van der Waals surface area (Å²) in [5.41, 5.74) is 7.14. The Morgan fingerprint density at radius 2 is 1.29 bits per heavy atom. The van der Waals surface area contributed by atoms with E-state index in [2.05, 4.69) is 62.7 Å². The fraction of sp³-hybridized carbons (Fsp3) is 0.364. The molecule has 2 atom stereocenters. The third-order valence-electron chi connectivity index (χ3n) is 10.9. The summed E-state index contributed by atoms with van der Waals surface area (Å²) >= 11 is 4.67. The Hall–Kier alpha value is -5.49. The van der Waals surface area contributed by atoms with E-state index in [-0.39, 0.29) is 28.6 Å². The van der Waals surface area contributed by atoms with Gasteiger partial charge in [-0.05, 0) is 54.3 Å². The fourth-order valence-electron chi connectivity index (χ4n) is 7.95. The predicted molar refractivity (Wildman–Crippen MR) is 225 cm³/mol. The molecule has 2 amide bonds. The summed E-state index contributed by atoms with van der Waals surface area (Å²) in [7, 11) is 5.21. The van der Waals surface area contributed by atoms with Crippen molar-refractivity contribution < 1.29 is 28.5 Å². The number of nitrogens with zero attached hydrogens (tertiary/aromatic N) is 5. The largest absolute Gasteiger partial charge is 0.493 e. The lowest BCUT2D eigenvalue weighted by atomic mass is 10.1. The van der Waals surface area contributed by atoms with Gasteiger partial charge in [-0.2, -0.15) is 12.6 Å². The minimum Gasteiger partial charge on any atom is -0.493 e. The SMILES string of the molecule is COc1cc2c(cc1OCCCOc1cc3c(cc1OC)C(=O)N1c4cc(N(C)CCCC(C)(C)S)ccc4C[C@H]1C=N3)N=C[C@@H]1Cc3ccccc3N1C2=O. The van der Waals surface area contributed by atoms with Crippen molar-refractivity contribution in [3.63, 3.8) is 0 Å². The normalized spacial score (nSPS) is 17.6. The second-order valence-corrected chi connectivity index (χ2v) is 16.5. The van der Waals surface area contributed by atoms with Gasteiger partial charge >= 0.3 is 0 Å². The third-order valence-corrected chi connectivity index (χ3v) is 11.1. The molecule has 12 heteroatoms. The Morgan fingerprint density at radius 3 is 1.86 bits per heavy atom. The van der Waals surface area contributed by atoms with Gasteiger partial charge in [-0.3, -0.25) is 29.4 Å². The highest BCUT2D eigenvalue weighted by atomic mass is 32.1. The maximum Gasteiger partial charge on any atom is 0.261 e. The van der Waals surface area contributed by atoms with Gasteiger partial charge in [0.1, 0.15) is 0 Å². The fourth-order valence-corrected chi connectivity index (χ4v) is 8.10. The van der Waals surface area contributed by atoms with E-state index in [0.29, 0.717) is 71.6 Å². The Balaban J connectivity index is 0.921. The number of hydrogen-bond acceptors (Lipinski definition) is 10. The topological polar surface area (TPSA) is 106 Å². The lowest BCUT2D eigenvalue weighted by Gasteiger charge is -2.25. The quantitative estimate of drug-likeness (QED) is 0.108. The second kappa shape index (κ2) is 15.2. The van der Waals surface area contributed by atoms with E-state index in [1.807, 2.05) is 40.4 Å². The number of aliphatic imine (C=N–C) groups is 2. The van der Waals surface area contributed by atoms with Crippen molar-refractivity contribution >= 4 is 65.3 Å². The van der Waals surface area contributed by atoms with Crippen LogP contribution < -0.4 is 33.6 Å². The highest BCUT2D eigenvalue weighted by molar-refractivity contribution is 7.81. The van der Waals surface area contributed by atoms with Gasteiger partial charge in [-0.1, -0.05) is 38.1 Å². The van der Waals surface area contributed by atoms with Gasteiger partial charge < -0.3 is 23.8 Å². The molecule has 4 aromatic carbocycles. The molecule has 4 heterocycles.